The zero-order valence-electron chi connectivity index (χ0n) is 16.9. The van der Waals surface area contributed by atoms with Crippen LogP contribution < -0.4 is 5.43 Å². The number of benzene rings is 2. The maximum absolute atomic E-state index is 13.4. The highest BCUT2D eigenvalue weighted by atomic mass is 32.2. The van der Waals surface area contributed by atoms with Crippen molar-refractivity contribution in [1.82, 2.24) is 4.90 Å². The van der Waals surface area contributed by atoms with Crippen LogP contribution in [0.4, 0.5) is 0 Å². The minimum absolute atomic E-state index is 0.0518. The number of carbonyl (C=O) groups is 1. The third-order valence-corrected chi connectivity index (χ3v) is 7.23. The van der Waals surface area contributed by atoms with Crippen molar-refractivity contribution in [3.8, 4) is 0 Å². The van der Waals surface area contributed by atoms with E-state index in [0.29, 0.717) is 17.4 Å². The molecule has 6 nitrogen and oxygen atoms in total. The number of nitrogens with zero attached hydrogens (tertiary/aromatic N) is 1. The molecule has 0 N–H and O–H groups in total. The van der Waals surface area contributed by atoms with Gasteiger partial charge < -0.3 is 9.32 Å². The lowest BCUT2D eigenvalue weighted by molar-refractivity contribution is 0.0648. The molecular formula is C23H23NO5S. The van der Waals surface area contributed by atoms with Gasteiger partial charge in [0.25, 0.3) is 5.91 Å². The molecule has 1 unspecified atom stereocenters. The molecule has 4 rings (SSSR count). The molecule has 156 valence electrons. The van der Waals surface area contributed by atoms with Gasteiger partial charge in [-0.2, -0.15) is 0 Å². The standard InChI is InChI=1S/C23H23NO5S/c1-15-3-6-17(7-4-15)13-24(18-9-10-30(27,28)14-18)23(26)22-12-20(25)19-8-5-16(2)11-21(19)29-22/h3-8,11-12,18H,9-10,13-14H2,1-2H3. The number of sulfone groups is 1. The van der Waals surface area contributed by atoms with E-state index in [1.54, 1.807) is 12.1 Å². The second-order valence-electron chi connectivity index (χ2n) is 7.95. The van der Waals surface area contributed by atoms with E-state index in [1.807, 2.05) is 44.2 Å². The molecule has 1 saturated heterocycles. The molecule has 2 heterocycles. The average molecular weight is 426 g/mol. The van der Waals surface area contributed by atoms with Crippen molar-refractivity contribution >= 4 is 26.7 Å². The third kappa shape index (κ3) is 4.16. The Kier molecular flexibility index (Phi) is 5.24. The number of hydrogen-bond donors (Lipinski definition) is 0. The summed E-state index contributed by atoms with van der Waals surface area (Å²) in [4.78, 5) is 27.4. The molecule has 30 heavy (non-hydrogen) atoms. The minimum atomic E-state index is -3.19. The van der Waals surface area contributed by atoms with Crippen molar-refractivity contribution in [3.63, 3.8) is 0 Å². The zero-order valence-corrected chi connectivity index (χ0v) is 17.7. The highest BCUT2D eigenvalue weighted by Crippen LogP contribution is 2.23. The summed E-state index contributed by atoms with van der Waals surface area (Å²) in [6.07, 6.45) is 0.372. The number of carbonyl (C=O) groups excluding carboxylic acids is 1. The summed E-state index contributed by atoms with van der Waals surface area (Å²) in [7, 11) is -3.19. The van der Waals surface area contributed by atoms with E-state index in [9.17, 15) is 18.0 Å². The summed E-state index contributed by atoms with van der Waals surface area (Å²) in [6, 6.07) is 13.7. The van der Waals surface area contributed by atoms with Gasteiger partial charge in [0, 0.05) is 18.7 Å². The Hall–Kier alpha value is -2.93. The van der Waals surface area contributed by atoms with E-state index >= 15 is 0 Å². The first-order valence-electron chi connectivity index (χ1n) is 9.83. The first-order chi connectivity index (χ1) is 14.2. The number of amides is 1. The molecule has 1 aromatic heterocycles. The van der Waals surface area contributed by atoms with Crippen LogP contribution in [0.5, 0.6) is 0 Å². The van der Waals surface area contributed by atoms with Gasteiger partial charge in [0.1, 0.15) is 5.58 Å². The van der Waals surface area contributed by atoms with E-state index in [1.165, 1.54) is 11.0 Å². The molecule has 1 aliphatic rings. The molecule has 2 aromatic carbocycles. The molecule has 7 heteroatoms. The van der Waals surface area contributed by atoms with Crippen LogP contribution in [0, 0.1) is 13.8 Å². The average Bonchev–Trinajstić information content (AvgIpc) is 3.06. The molecular weight excluding hydrogens is 402 g/mol. The van der Waals surface area contributed by atoms with Gasteiger partial charge in [0.15, 0.2) is 21.0 Å². The van der Waals surface area contributed by atoms with Crippen LogP contribution in [-0.4, -0.2) is 36.8 Å². The number of fused-ring (bicyclic) bond motifs is 1. The lowest BCUT2D eigenvalue weighted by Gasteiger charge is -2.28. The Labute approximate surface area is 175 Å². The molecule has 1 atom stereocenters. The summed E-state index contributed by atoms with van der Waals surface area (Å²) in [6.45, 7) is 4.10. The fraction of sp³-hybridized carbons (Fsp3) is 0.304. The molecule has 0 bridgehead atoms. The van der Waals surface area contributed by atoms with Crippen LogP contribution in [-0.2, 0) is 16.4 Å². The second-order valence-corrected chi connectivity index (χ2v) is 10.2. The van der Waals surface area contributed by atoms with Gasteiger partial charge >= 0.3 is 0 Å². The van der Waals surface area contributed by atoms with Gasteiger partial charge in [-0.15, -0.1) is 0 Å². The molecule has 0 radical (unpaired) electrons. The Bertz CT molecular complexity index is 1280. The lowest BCUT2D eigenvalue weighted by atomic mass is 10.1. The Morgan fingerprint density at radius 3 is 2.43 bits per heavy atom. The molecule has 1 amide bonds. The molecule has 1 fully saturated rings. The minimum Gasteiger partial charge on any atom is -0.451 e. The normalized spacial score (nSPS) is 17.9. The third-order valence-electron chi connectivity index (χ3n) is 5.48. The van der Waals surface area contributed by atoms with Crippen molar-refractivity contribution < 1.29 is 17.6 Å². The SMILES string of the molecule is Cc1ccc(CN(C(=O)c2cc(=O)c3ccc(C)cc3o2)C2CCS(=O)(=O)C2)cc1. The summed E-state index contributed by atoms with van der Waals surface area (Å²) in [5.74, 6) is -0.578. The van der Waals surface area contributed by atoms with Gasteiger partial charge in [-0.1, -0.05) is 35.9 Å². The van der Waals surface area contributed by atoms with Gasteiger partial charge in [0.05, 0.1) is 16.9 Å². The Balaban J connectivity index is 1.74. The predicted molar refractivity (Wildman–Crippen MR) is 115 cm³/mol. The van der Waals surface area contributed by atoms with Crippen molar-refractivity contribution in [1.29, 1.82) is 0 Å². The smallest absolute Gasteiger partial charge is 0.290 e. The summed E-state index contributed by atoms with van der Waals surface area (Å²) in [5, 5.41) is 0.408. The quantitative estimate of drug-likeness (QED) is 0.641. The van der Waals surface area contributed by atoms with E-state index < -0.39 is 21.8 Å². The number of aryl methyl sites for hydroxylation is 2. The topological polar surface area (TPSA) is 84.7 Å². The van der Waals surface area contributed by atoms with Crippen molar-refractivity contribution in [3.05, 3.63) is 81.2 Å². The van der Waals surface area contributed by atoms with Crippen LogP contribution >= 0.6 is 0 Å². The fourth-order valence-electron chi connectivity index (χ4n) is 3.79. The molecule has 0 spiro atoms. The van der Waals surface area contributed by atoms with Crippen LogP contribution in [0.15, 0.2) is 57.7 Å². The summed E-state index contributed by atoms with van der Waals surface area (Å²) in [5.41, 5.74) is 2.94. The lowest BCUT2D eigenvalue weighted by Crippen LogP contribution is -2.40. The molecule has 0 aliphatic carbocycles. The van der Waals surface area contributed by atoms with Gasteiger partial charge in [-0.05, 0) is 43.5 Å². The first-order valence-corrected chi connectivity index (χ1v) is 11.7. The molecule has 0 saturated carbocycles. The van der Waals surface area contributed by atoms with E-state index in [-0.39, 0.29) is 29.2 Å². The van der Waals surface area contributed by atoms with Crippen LogP contribution in [0.3, 0.4) is 0 Å². The van der Waals surface area contributed by atoms with Crippen molar-refractivity contribution in [2.75, 3.05) is 11.5 Å². The van der Waals surface area contributed by atoms with E-state index in [2.05, 4.69) is 0 Å². The fourth-order valence-corrected chi connectivity index (χ4v) is 5.52. The highest BCUT2D eigenvalue weighted by Gasteiger charge is 2.36. The predicted octanol–water partition coefficient (Wildman–Crippen LogP) is 3.24. The summed E-state index contributed by atoms with van der Waals surface area (Å²) >= 11 is 0. The van der Waals surface area contributed by atoms with Gasteiger partial charge in [0.2, 0.25) is 0 Å². The zero-order chi connectivity index (χ0) is 21.5. The molecule has 3 aromatic rings. The Morgan fingerprint density at radius 2 is 1.77 bits per heavy atom. The van der Waals surface area contributed by atoms with E-state index in [0.717, 1.165) is 16.7 Å². The second kappa shape index (κ2) is 7.72. The monoisotopic (exact) mass is 425 g/mol. The Morgan fingerprint density at radius 1 is 1.07 bits per heavy atom. The highest BCUT2D eigenvalue weighted by molar-refractivity contribution is 7.91. The van der Waals surface area contributed by atoms with Gasteiger partial charge in [-0.25, -0.2) is 8.42 Å². The largest absolute Gasteiger partial charge is 0.451 e. The van der Waals surface area contributed by atoms with Crippen LogP contribution in [0.2, 0.25) is 0 Å². The van der Waals surface area contributed by atoms with E-state index in [4.69, 9.17) is 4.42 Å². The van der Waals surface area contributed by atoms with Gasteiger partial charge in [-0.3, -0.25) is 9.59 Å². The maximum Gasteiger partial charge on any atom is 0.290 e. The first kappa shape index (κ1) is 20.3. The maximum atomic E-state index is 13.4. The van der Waals surface area contributed by atoms with Crippen molar-refractivity contribution in [2.45, 2.75) is 32.9 Å². The van der Waals surface area contributed by atoms with Crippen LogP contribution in [0.25, 0.3) is 11.0 Å². The number of rotatable bonds is 4. The number of hydrogen-bond acceptors (Lipinski definition) is 5. The summed E-state index contributed by atoms with van der Waals surface area (Å²) < 4.78 is 29.9. The molecule has 1 aliphatic heterocycles. The van der Waals surface area contributed by atoms with Crippen LogP contribution in [0.1, 0.15) is 33.7 Å². The van der Waals surface area contributed by atoms with Crippen molar-refractivity contribution in [2.24, 2.45) is 0 Å².